The summed E-state index contributed by atoms with van der Waals surface area (Å²) >= 11 is 1.51. The lowest BCUT2D eigenvalue weighted by molar-refractivity contribution is 1.24. The van der Waals surface area contributed by atoms with Crippen molar-refractivity contribution >= 4 is 21.6 Å². The molecule has 0 atom stereocenters. The predicted molar refractivity (Wildman–Crippen MR) is 42.2 cm³/mol. The second-order valence-electron chi connectivity index (χ2n) is 2.13. The summed E-state index contributed by atoms with van der Waals surface area (Å²) in [6.07, 6.45) is 3.68. The zero-order chi connectivity index (χ0) is 6.97. The standard InChI is InChI=1S/C7H6N2S/c1-5-6-4-9-10-7(6)2-3-8-5/h2-4H,1H3. The minimum absolute atomic E-state index is 1.06. The van der Waals surface area contributed by atoms with Gasteiger partial charge in [0.05, 0.1) is 10.9 Å². The zero-order valence-corrected chi connectivity index (χ0v) is 6.35. The summed E-state index contributed by atoms with van der Waals surface area (Å²) in [4.78, 5) is 4.15. The van der Waals surface area contributed by atoms with Crippen LogP contribution in [0.4, 0.5) is 0 Å². The molecule has 0 aliphatic heterocycles. The van der Waals surface area contributed by atoms with E-state index in [1.165, 1.54) is 21.6 Å². The third-order valence-electron chi connectivity index (χ3n) is 1.48. The van der Waals surface area contributed by atoms with E-state index >= 15 is 0 Å². The van der Waals surface area contributed by atoms with Crippen molar-refractivity contribution < 1.29 is 0 Å². The average Bonchev–Trinajstić information content (AvgIpc) is 2.36. The van der Waals surface area contributed by atoms with Crippen LogP contribution in [0.1, 0.15) is 5.69 Å². The number of fused-ring (bicyclic) bond motifs is 1. The molecule has 2 heterocycles. The Morgan fingerprint density at radius 2 is 2.40 bits per heavy atom. The van der Waals surface area contributed by atoms with Crippen LogP contribution in [-0.4, -0.2) is 9.36 Å². The molecule has 0 amide bonds. The fourth-order valence-corrected chi connectivity index (χ4v) is 1.62. The molecular formula is C7H6N2S. The molecule has 0 aromatic carbocycles. The van der Waals surface area contributed by atoms with Crippen LogP contribution in [0.15, 0.2) is 18.5 Å². The Labute approximate surface area is 62.7 Å². The molecule has 0 saturated carbocycles. The topological polar surface area (TPSA) is 25.8 Å². The van der Waals surface area contributed by atoms with Crippen molar-refractivity contribution in [1.29, 1.82) is 0 Å². The fourth-order valence-electron chi connectivity index (χ4n) is 0.927. The first-order valence-corrected chi connectivity index (χ1v) is 3.81. The van der Waals surface area contributed by atoms with Gasteiger partial charge in [0.2, 0.25) is 0 Å². The van der Waals surface area contributed by atoms with Gasteiger partial charge in [0.15, 0.2) is 0 Å². The Morgan fingerprint density at radius 3 is 3.20 bits per heavy atom. The Bertz CT molecular complexity index is 353. The van der Waals surface area contributed by atoms with Gasteiger partial charge in [-0.1, -0.05) is 0 Å². The average molecular weight is 150 g/mol. The van der Waals surface area contributed by atoms with Gasteiger partial charge in [0.1, 0.15) is 0 Å². The molecule has 0 fully saturated rings. The maximum absolute atomic E-state index is 4.15. The van der Waals surface area contributed by atoms with E-state index in [4.69, 9.17) is 0 Å². The predicted octanol–water partition coefficient (Wildman–Crippen LogP) is 2.00. The first-order valence-electron chi connectivity index (χ1n) is 3.04. The third-order valence-corrected chi connectivity index (χ3v) is 2.25. The molecule has 0 unspecified atom stereocenters. The number of aryl methyl sites for hydroxylation is 1. The molecule has 0 radical (unpaired) electrons. The maximum atomic E-state index is 4.15. The molecule has 3 heteroatoms. The first kappa shape index (κ1) is 5.80. The van der Waals surface area contributed by atoms with E-state index < -0.39 is 0 Å². The van der Waals surface area contributed by atoms with Gasteiger partial charge in [-0.3, -0.25) is 4.98 Å². The summed E-state index contributed by atoms with van der Waals surface area (Å²) in [6.45, 7) is 2.00. The summed E-state index contributed by atoms with van der Waals surface area (Å²) in [5, 5.41) is 1.17. The second-order valence-corrected chi connectivity index (χ2v) is 2.97. The number of rotatable bonds is 0. The van der Waals surface area contributed by atoms with E-state index in [1.807, 2.05) is 25.4 Å². The Hall–Kier alpha value is -0.960. The van der Waals surface area contributed by atoms with Crippen molar-refractivity contribution in [1.82, 2.24) is 9.36 Å². The van der Waals surface area contributed by atoms with E-state index in [2.05, 4.69) is 9.36 Å². The minimum Gasteiger partial charge on any atom is -0.261 e. The number of pyridine rings is 1. The van der Waals surface area contributed by atoms with Crippen LogP contribution >= 0.6 is 11.5 Å². The summed E-state index contributed by atoms with van der Waals surface area (Å²) < 4.78 is 5.28. The zero-order valence-electron chi connectivity index (χ0n) is 5.53. The van der Waals surface area contributed by atoms with Gasteiger partial charge < -0.3 is 0 Å². The normalized spacial score (nSPS) is 10.5. The molecule has 0 aliphatic rings. The molecule has 2 aromatic heterocycles. The minimum atomic E-state index is 1.06. The van der Waals surface area contributed by atoms with Crippen LogP contribution in [0.3, 0.4) is 0 Å². The highest BCUT2D eigenvalue weighted by molar-refractivity contribution is 7.13. The first-order chi connectivity index (χ1) is 4.88. The quantitative estimate of drug-likeness (QED) is 0.574. The van der Waals surface area contributed by atoms with Crippen molar-refractivity contribution in [2.45, 2.75) is 6.92 Å². The van der Waals surface area contributed by atoms with Crippen LogP contribution < -0.4 is 0 Å². The van der Waals surface area contributed by atoms with Crippen LogP contribution in [0.25, 0.3) is 10.1 Å². The third kappa shape index (κ3) is 0.708. The Balaban J connectivity index is 2.95. The molecule has 2 aromatic rings. The number of hydrogen-bond acceptors (Lipinski definition) is 3. The van der Waals surface area contributed by atoms with Gasteiger partial charge in [-0.25, -0.2) is 0 Å². The summed E-state index contributed by atoms with van der Waals surface area (Å²) in [6, 6.07) is 1.99. The van der Waals surface area contributed by atoms with E-state index in [1.54, 1.807) is 0 Å². The van der Waals surface area contributed by atoms with Gasteiger partial charge in [0.25, 0.3) is 0 Å². The maximum Gasteiger partial charge on any atom is 0.0583 e. The van der Waals surface area contributed by atoms with Crippen LogP contribution in [0.5, 0.6) is 0 Å². The van der Waals surface area contributed by atoms with Crippen molar-refractivity contribution in [3.05, 3.63) is 24.2 Å². The van der Waals surface area contributed by atoms with Crippen molar-refractivity contribution in [3.63, 3.8) is 0 Å². The fraction of sp³-hybridized carbons (Fsp3) is 0.143. The summed E-state index contributed by atoms with van der Waals surface area (Å²) in [7, 11) is 0. The highest BCUT2D eigenvalue weighted by Gasteiger charge is 1.97. The molecule has 10 heavy (non-hydrogen) atoms. The highest BCUT2D eigenvalue weighted by Crippen LogP contribution is 2.18. The van der Waals surface area contributed by atoms with Crippen molar-refractivity contribution in [3.8, 4) is 0 Å². The van der Waals surface area contributed by atoms with Crippen LogP contribution in [-0.2, 0) is 0 Å². The number of hydrogen-bond donors (Lipinski definition) is 0. The molecule has 2 nitrogen and oxygen atoms in total. The molecule has 0 spiro atoms. The van der Waals surface area contributed by atoms with E-state index in [-0.39, 0.29) is 0 Å². The summed E-state index contributed by atoms with van der Waals surface area (Å²) in [5.41, 5.74) is 1.06. The largest absolute Gasteiger partial charge is 0.261 e. The van der Waals surface area contributed by atoms with Gasteiger partial charge in [-0.05, 0) is 24.5 Å². The molecule has 0 bridgehead atoms. The second kappa shape index (κ2) is 2.02. The van der Waals surface area contributed by atoms with E-state index in [0.29, 0.717) is 0 Å². The SMILES string of the molecule is Cc1nccc2sncc12. The molecule has 2 rings (SSSR count). The lowest BCUT2D eigenvalue weighted by atomic mass is 10.3. The molecule has 0 N–H and O–H groups in total. The molecule has 0 aliphatic carbocycles. The van der Waals surface area contributed by atoms with E-state index in [9.17, 15) is 0 Å². The Morgan fingerprint density at radius 1 is 1.50 bits per heavy atom. The number of nitrogens with zero attached hydrogens (tertiary/aromatic N) is 2. The lowest BCUT2D eigenvalue weighted by Gasteiger charge is -1.89. The lowest BCUT2D eigenvalue weighted by Crippen LogP contribution is -1.76. The molecule has 50 valence electrons. The van der Waals surface area contributed by atoms with Crippen molar-refractivity contribution in [2.24, 2.45) is 0 Å². The molecular weight excluding hydrogens is 144 g/mol. The summed E-state index contributed by atoms with van der Waals surface area (Å²) in [5.74, 6) is 0. The van der Waals surface area contributed by atoms with Gasteiger partial charge in [-0.2, -0.15) is 4.37 Å². The highest BCUT2D eigenvalue weighted by atomic mass is 32.1. The van der Waals surface area contributed by atoms with Crippen molar-refractivity contribution in [2.75, 3.05) is 0 Å². The van der Waals surface area contributed by atoms with Gasteiger partial charge >= 0.3 is 0 Å². The molecule has 0 saturated heterocycles. The monoisotopic (exact) mass is 150 g/mol. The van der Waals surface area contributed by atoms with Crippen LogP contribution in [0.2, 0.25) is 0 Å². The Kier molecular flexibility index (Phi) is 1.17. The van der Waals surface area contributed by atoms with Crippen LogP contribution in [0, 0.1) is 6.92 Å². The van der Waals surface area contributed by atoms with Gasteiger partial charge in [0, 0.05) is 17.3 Å². The number of aromatic nitrogens is 2. The smallest absolute Gasteiger partial charge is 0.0583 e. The van der Waals surface area contributed by atoms with E-state index in [0.717, 1.165) is 5.69 Å². The van der Waals surface area contributed by atoms with Gasteiger partial charge in [-0.15, -0.1) is 0 Å².